The largest absolute Gasteiger partial charge is 0.376 e. The maximum absolute atomic E-state index is 12.1. The molecule has 0 aliphatic carbocycles. The fourth-order valence-corrected chi connectivity index (χ4v) is 2.57. The molecule has 0 spiro atoms. The van der Waals surface area contributed by atoms with E-state index in [-0.39, 0.29) is 24.5 Å². The van der Waals surface area contributed by atoms with E-state index in [0.717, 1.165) is 30.6 Å². The number of benzene rings is 1. The van der Waals surface area contributed by atoms with E-state index in [1.807, 2.05) is 31.2 Å². The van der Waals surface area contributed by atoms with E-state index >= 15 is 0 Å². The lowest BCUT2D eigenvalue weighted by atomic mass is 10.1. The molecule has 1 aromatic rings. The highest BCUT2D eigenvalue weighted by atomic mass is 16.5. The molecule has 2 rings (SSSR count). The standard InChI is InChI=1S/C17H24N2O3/c1-13-6-3-4-7-15(13)10-18-17(21)12-19(14(2)20)11-16-8-5-9-22-16/h3-4,6-7,16H,5,8-12H2,1-2H3,(H,18,21). The second-order valence-corrected chi connectivity index (χ2v) is 5.74. The first kappa shape index (κ1) is 16.5. The van der Waals surface area contributed by atoms with E-state index in [9.17, 15) is 9.59 Å². The van der Waals surface area contributed by atoms with Gasteiger partial charge in [0.15, 0.2) is 0 Å². The third kappa shape index (κ3) is 4.84. The van der Waals surface area contributed by atoms with Gasteiger partial charge in [-0.25, -0.2) is 0 Å². The molecule has 1 aliphatic heterocycles. The number of rotatable bonds is 6. The van der Waals surface area contributed by atoms with Crippen LogP contribution in [0.25, 0.3) is 0 Å². The van der Waals surface area contributed by atoms with E-state index in [1.165, 1.54) is 6.92 Å². The van der Waals surface area contributed by atoms with E-state index in [0.29, 0.717) is 13.1 Å². The molecule has 1 unspecified atom stereocenters. The number of carbonyl (C=O) groups is 2. The van der Waals surface area contributed by atoms with Crippen LogP contribution in [0.1, 0.15) is 30.9 Å². The first-order valence-electron chi connectivity index (χ1n) is 7.74. The summed E-state index contributed by atoms with van der Waals surface area (Å²) < 4.78 is 5.53. The third-order valence-electron chi connectivity index (χ3n) is 3.97. The Labute approximate surface area is 131 Å². The van der Waals surface area contributed by atoms with Gasteiger partial charge in [0.2, 0.25) is 11.8 Å². The normalized spacial score (nSPS) is 17.3. The molecule has 5 heteroatoms. The Bertz CT molecular complexity index is 524. The lowest BCUT2D eigenvalue weighted by molar-refractivity contribution is -0.135. The van der Waals surface area contributed by atoms with Crippen LogP contribution in [-0.2, 0) is 20.9 Å². The van der Waals surface area contributed by atoms with E-state index < -0.39 is 0 Å². The van der Waals surface area contributed by atoms with Crippen LogP contribution in [0.15, 0.2) is 24.3 Å². The van der Waals surface area contributed by atoms with Crippen molar-refractivity contribution in [2.75, 3.05) is 19.7 Å². The summed E-state index contributed by atoms with van der Waals surface area (Å²) in [5.74, 6) is -0.238. The fraction of sp³-hybridized carbons (Fsp3) is 0.529. The first-order chi connectivity index (χ1) is 10.6. The summed E-state index contributed by atoms with van der Waals surface area (Å²) in [6, 6.07) is 7.93. The van der Waals surface area contributed by atoms with Gasteiger partial charge in [-0.05, 0) is 30.9 Å². The molecule has 1 fully saturated rings. The molecule has 1 saturated heterocycles. The number of carbonyl (C=O) groups excluding carboxylic acids is 2. The lowest BCUT2D eigenvalue weighted by Gasteiger charge is -2.23. The van der Waals surface area contributed by atoms with E-state index in [1.54, 1.807) is 4.90 Å². The second-order valence-electron chi connectivity index (χ2n) is 5.74. The van der Waals surface area contributed by atoms with Crippen molar-refractivity contribution in [3.63, 3.8) is 0 Å². The molecule has 1 N–H and O–H groups in total. The van der Waals surface area contributed by atoms with Crippen molar-refractivity contribution in [3.05, 3.63) is 35.4 Å². The number of amides is 2. The lowest BCUT2D eigenvalue weighted by Crippen LogP contribution is -2.43. The SMILES string of the molecule is CC(=O)N(CC(=O)NCc1ccccc1C)CC1CCCO1. The van der Waals surface area contributed by atoms with Gasteiger partial charge in [-0.1, -0.05) is 24.3 Å². The van der Waals surface area contributed by atoms with Crippen LogP contribution in [0.2, 0.25) is 0 Å². The first-order valence-corrected chi connectivity index (χ1v) is 7.74. The van der Waals surface area contributed by atoms with Crippen LogP contribution < -0.4 is 5.32 Å². The zero-order chi connectivity index (χ0) is 15.9. The van der Waals surface area contributed by atoms with Crippen LogP contribution in [0.5, 0.6) is 0 Å². The molecule has 1 atom stereocenters. The van der Waals surface area contributed by atoms with Crippen molar-refractivity contribution >= 4 is 11.8 Å². The Morgan fingerprint density at radius 1 is 1.36 bits per heavy atom. The molecule has 1 heterocycles. The Morgan fingerprint density at radius 2 is 2.14 bits per heavy atom. The van der Waals surface area contributed by atoms with Crippen molar-refractivity contribution in [1.29, 1.82) is 0 Å². The van der Waals surface area contributed by atoms with Gasteiger partial charge in [0.1, 0.15) is 0 Å². The summed E-state index contributed by atoms with van der Waals surface area (Å²) in [6.07, 6.45) is 2.04. The van der Waals surface area contributed by atoms with Crippen LogP contribution in [0.3, 0.4) is 0 Å². The van der Waals surface area contributed by atoms with Gasteiger partial charge < -0.3 is 15.0 Å². The summed E-state index contributed by atoms with van der Waals surface area (Å²) in [5, 5.41) is 2.88. The van der Waals surface area contributed by atoms with E-state index in [2.05, 4.69) is 5.32 Å². The molecule has 22 heavy (non-hydrogen) atoms. The summed E-state index contributed by atoms with van der Waals surface area (Å²) in [5.41, 5.74) is 2.23. The summed E-state index contributed by atoms with van der Waals surface area (Å²) in [7, 11) is 0. The van der Waals surface area contributed by atoms with Crippen molar-refractivity contribution in [1.82, 2.24) is 10.2 Å². The zero-order valence-corrected chi connectivity index (χ0v) is 13.3. The molecule has 0 aromatic heterocycles. The van der Waals surface area contributed by atoms with Crippen LogP contribution >= 0.6 is 0 Å². The smallest absolute Gasteiger partial charge is 0.239 e. The minimum Gasteiger partial charge on any atom is -0.376 e. The minimum atomic E-state index is -0.142. The summed E-state index contributed by atoms with van der Waals surface area (Å²) >= 11 is 0. The monoisotopic (exact) mass is 304 g/mol. The van der Waals surface area contributed by atoms with Crippen LogP contribution in [-0.4, -0.2) is 42.5 Å². The number of hydrogen-bond donors (Lipinski definition) is 1. The highest BCUT2D eigenvalue weighted by molar-refractivity contribution is 5.83. The molecule has 0 radical (unpaired) electrons. The van der Waals surface area contributed by atoms with Crippen molar-refractivity contribution in [3.8, 4) is 0 Å². The molecule has 2 amide bonds. The van der Waals surface area contributed by atoms with Gasteiger partial charge >= 0.3 is 0 Å². The zero-order valence-electron chi connectivity index (χ0n) is 13.3. The Hall–Kier alpha value is -1.88. The van der Waals surface area contributed by atoms with Crippen LogP contribution in [0, 0.1) is 6.92 Å². The van der Waals surface area contributed by atoms with Gasteiger partial charge in [0, 0.05) is 26.6 Å². The number of hydrogen-bond acceptors (Lipinski definition) is 3. The number of aryl methyl sites for hydroxylation is 1. The highest BCUT2D eigenvalue weighted by Crippen LogP contribution is 2.13. The Kier molecular flexibility index (Phi) is 5.95. The van der Waals surface area contributed by atoms with Crippen LogP contribution in [0.4, 0.5) is 0 Å². The maximum Gasteiger partial charge on any atom is 0.239 e. The molecule has 120 valence electrons. The van der Waals surface area contributed by atoms with Crippen molar-refractivity contribution in [2.45, 2.75) is 39.3 Å². The predicted molar refractivity (Wildman–Crippen MR) is 84.3 cm³/mol. The quantitative estimate of drug-likeness (QED) is 0.869. The summed E-state index contributed by atoms with van der Waals surface area (Å²) in [6.45, 7) is 5.31. The molecule has 1 aliphatic rings. The number of nitrogens with one attached hydrogen (secondary N) is 1. The van der Waals surface area contributed by atoms with Gasteiger partial charge in [0.25, 0.3) is 0 Å². The Balaban J connectivity index is 1.83. The fourth-order valence-electron chi connectivity index (χ4n) is 2.57. The highest BCUT2D eigenvalue weighted by Gasteiger charge is 2.22. The molecular weight excluding hydrogens is 280 g/mol. The molecular formula is C17H24N2O3. The molecule has 5 nitrogen and oxygen atoms in total. The molecule has 0 bridgehead atoms. The van der Waals surface area contributed by atoms with Crippen molar-refractivity contribution < 1.29 is 14.3 Å². The predicted octanol–water partition coefficient (Wildman–Crippen LogP) is 1.64. The Morgan fingerprint density at radius 3 is 2.77 bits per heavy atom. The molecule has 1 aromatic carbocycles. The van der Waals surface area contributed by atoms with Gasteiger partial charge in [-0.2, -0.15) is 0 Å². The topological polar surface area (TPSA) is 58.6 Å². The maximum atomic E-state index is 12.1. The van der Waals surface area contributed by atoms with Gasteiger partial charge in [0.05, 0.1) is 12.6 Å². The average Bonchev–Trinajstić information content (AvgIpc) is 2.98. The van der Waals surface area contributed by atoms with Gasteiger partial charge in [-0.3, -0.25) is 9.59 Å². The third-order valence-corrected chi connectivity index (χ3v) is 3.97. The summed E-state index contributed by atoms with van der Waals surface area (Å²) in [4.78, 5) is 25.3. The number of nitrogens with zero attached hydrogens (tertiary/aromatic N) is 1. The molecule has 0 saturated carbocycles. The van der Waals surface area contributed by atoms with Crippen molar-refractivity contribution in [2.24, 2.45) is 0 Å². The average molecular weight is 304 g/mol. The second kappa shape index (κ2) is 7.94. The minimum absolute atomic E-state index is 0.0630. The number of ether oxygens (including phenoxy) is 1. The van der Waals surface area contributed by atoms with E-state index in [4.69, 9.17) is 4.74 Å². The van der Waals surface area contributed by atoms with Gasteiger partial charge in [-0.15, -0.1) is 0 Å².